The first-order valence-corrected chi connectivity index (χ1v) is 6.57. The molecule has 0 atom stereocenters. The number of hydrogen-bond donors (Lipinski definition) is 0. The largest absolute Gasteiger partial charge is 0.416 e. The van der Waals surface area contributed by atoms with Gasteiger partial charge in [0, 0.05) is 17.8 Å². The maximum atomic E-state index is 12.9. The van der Waals surface area contributed by atoms with E-state index < -0.39 is 23.5 Å². The number of carbonyl (C=O) groups is 1. The highest BCUT2D eigenvalue weighted by Gasteiger charge is 2.31. The first kappa shape index (κ1) is 16.0. The molecule has 0 unspecified atom stereocenters. The summed E-state index contributed by atoms with van der Waals surface area (Å²) in [7, 11) is 0. The van der Waals surface area contributed by atoms with E-state index in [1.807, 2.05) is 0 Å². The molecule has 0 aromatic heterocycles. The second-order valence-electron chi connectivity index (χ2n) is 4.60. The summed E-state index contributed by atoms with van der Waals surface area (Å²) in [5, 5.41) is 0. The Kier molecular flexibility index (Phi) is 4.49. The number of benzene rings is 2. The summed E-state index contributed by atoms with van der Waals surface area (Å²) < 4.78 is 51.1. The number of halogens is 4. The number of nitrogens with zero attached hydrogens (tertiary/aromatic N) is 1. The first-order chi connectivity index (χ1) is 10.3. The molecule has 116 valence electrons. The molecule has 2 aromatic carbocycles. The standard InChI is InChI=1S/C16H13F4NO/c1-2-21(14-8-6-13(17)7-9-14)15(22)11-4-3-5-12(10-11)16(18,19)20/h3-10H,2H2,1H3. The van der Waals surface area contributed by atoms with Crippen LogP contribution in [0.15, 0.2) is 48.5 Å². The molecule has 0 radical (unpaired) electrons. The van der Waals surface area contributed by atoms with Crippen LogP contribution in [0, 0.1) is 5.82 Å². The Morgan fingerprint density at radius 1 is 1.09 bits per heavy atom. The lowest BCUT2D eigenvalue weighted by molar-refractivity contribution is -0.137. The Hall–Kier alpha value is -2.37. The summed E-state index contributed by atoms with van der Waals surface area (Å²) in [6.45, 7) is 1.94. The van der Waals surface area contributed by atoms with Crippen molar-refractivity contribution in [1.29, 1.82) is 0 Å². The zero-order valence-corrected chi connectivity index (χ0v) is 11.7. The van der Waals surface area contributed by atoms with Crippen LogP contribution in [0.4, 0.5) is 23.2 Å². The van der Waals surface area contributed by atoms with Crippen LogP contribution in [0.2, 0.25) is 0 Å². The minimum absolute atomic E-state index is 0.0685. The predicted molar refractivity (Wildman–Crippen MR) is 75.2 cm³/mol. The second kappa shape index (κ2) is 6.17. The maximum absolute atomic E-state index is 12.9. The molecule has 0 aliphatic heterocycles. The SMILES string of the molecule is CCN(C(=O)c1cccc(C(F)(F)F)c1)c1ccc(F)cc1. The van der Waals surface area contributed by atoms with Crippen molar-refractivity contribution in [3.05, 3.63) is 65.5 Å². The summed E-state index contributed by atoms with van der Waals surface area (Å²) in [6.07, 6.45) is -4.51. The Labute approximate surface area is 125 Å². The molecule has 0 fully saturated rings. The van der Waals surface area contributed by atoms with Crippen LogP contribution < -0.4 is 4.90 Å². The second-order valence-corrected chi connectivity index (χ2v) is 4.60. The monoisotopic (exact) mass is 311 g/mol. The third-order valence-corrected chi connectivity index (χ3v) is 3.14. The van der Waals surface area contributed by atoms with Crippen molar-refractivity contribution in [3.63, 3.8) is 0 Å². The molecule has 2 aromatic rings. The molecule has 6 heteroatoms. The van der Waals surface area contributed by atoms with Crippen LogP contribution in [-0.4, -0.2) is 12.5 Å². The molecule has 0 N–H and O–H groups in total. The average molecular weight is 311 g/mol. The lowest BCUT2D eigenvalue weighted by Crippen LogP contribution is -2.30. The lowest BCUT2D eigenvalue weighted by Gasteiger charge is -2.21. The van der Waals surface area contributed by atoms with E-state index in [1.54, 1.807) is 6.92 Å². The van der Waals surface area contributed by atoms with Crippen molar-refractivity contribution in [2.75, 3.05) is 11.4 Å². The molecule has 2 nitrogen and oxygen atoms in total. The summed E-state index contributed by atoms with van der Waals surface area (Å²) in [6, 6.07) is 9.43. The third kappa shape index (κ3) is 3.44. The fraction of sp³-hybridized carbons (Fsp3) is 0.188. The number of hydrogen-bond acceptors (Lipinski definition) is 1. The van der Waals surface area contributed by atoms with Gasteiger partial charge in [-0.3, -0.25) is 4.79 Å². The van der Waals surface area contributed by atoms with Crippen LogP contribution in [-0.2, 0) is 6.18 Å². The van der Waals surface area contributed by atoms with Crippen LogP contribution in [0.25, 0.3) is 0 Å². The normalized spacial score (nSPS) is 11.3. The van der Waals surface area contributed by atoms with Gasteiger partial charge in [-0.05, 0) is 49.4 Å². The summed E-state index contributed by atoms with van der Waals surface area (Å²) in [4.78, 5) is 13.7. The molecule has 0 saturated carbocycles. The van der Waals surface area contributed by atoms with Gasteiger partial charge in [0.15, 0.2) is 0 Å². The van der Waals surface area contributed by atoms with E-state index in [0.717, 1.165) is 12.1 Å². The fourth-order valence-corrected chi connectivity index (χ4v) is 2.05. The summed E-state index contributed by atoms with van der Waals surface area (Å²) >= 11 is 0. The highest BCUT2D eigenvalue weighted by molar-refractivity contribution is 6.06. The van der Waals surface area contributed by atoms with E-state index in [-0.39, 0.29) is 12.1 Å². The van der Waals surface area contributed by atoms with E-state index in [4.69, 9.17) is 0 Å². The molecular formula is C16H13F4NO. The molecule has 0 aliphatic rings. The van der Waals surface area contributed by atoms with E-state index >= 15 is 0 Å². The molecule has 0 spiro atoms. The zero-order chi connectivity index (χ0) is 16.3. The molecule has 0 saturated heterocycles. The highest BCUT2D eigenvalue weighted by atomic mass is 19.4. The van der Waals surface area contributed by atoms with E-state index in [9.17, 15) is 22.4 Å². The number of amides is 1. The molecule has 0 bridgehead atoms. The van der Waals surface area contributed by atoms with Gasteiger partial charge in [0.25, 0.3) is 5.91 Å². The molecule has 0 heterocycles. The molecular weight excluding hydrogens is 298 g/mol. The Balaban J connectivity index is 2.35. The zero-order valence-electron chi connectivity index (χ0n) is 11.7. The topological polar surface area (TPSA) is 20.3 Å². The van der Waals surface area contributed by atoms with Crippen molar-refractivity contribution in [2.45, 2.75) is 13.1 Å². The molecule has 1 amide bonds. The lowest BCUT2D eigenvalue weighted by atomic mass is 10.1. The van der Waals surface area contributed by atoms with Crippen molar-refractivity contribution in [1.82, 2.24) is 0 Å². The summed E-state index contributed by atoms with van der Waals surface area (Å²) in [5.74, 6) is -1.02. The van der Waals surface area contributed by atoms with E-state index in [0.29, 0.717) is 5.69 Å². The Morgan fingerprint density at radius 3 is 2.27 bits per heavy atom. The quantitative estimate of drug-likeness (QED) is 0.764. The van der Waals surface area contributed by atoms with Gasteiger partial charge < -0.3 is 4.90 Å². The Bertz CT molecular complexity index is 665. The molecule has 2 rings (SSSR count). The van der Waals surface area contributed by atoms with Gasteiger partial charge in [-0.1, -0.05) is 6.07 Å². The third-order valence-electron chi connectivity index (χ3n) is 3.14. The van der Waals surface area contributed by atoms with E-state index in [1.165, 1.54) is 41.3 Å². The van der Waals surface area contributed by atoms with Gasteiger partial charge >= 0.3 is 6.18 Å². The number of alkyl halides is 3. The minimum atomic E-state index is -4.51. The van der Waals surface area contributed by atoms with Gasteiger partial charge in [0.1, 0.15) is 5.82 Å². The smallest absolute Gasteiger partial charge is 0.309 e. The predicted octanol–water partition coefficient (Wildman–Crippen LogP) is 4.51. The average Bonchev–Trinajstić information content (AvgIpc) is 2.49. The number of carbonyl (C=O) groups excluding carboxylic acids is 1. The van der Waals surface area contributed by atoms with E-state index in [2.05, 4.69) is 0 Å². The van der Waals surface area contributed by atoms with Crippen molar-refractivity contribution < 1.29 is 22.4 Å². The van der Waals surface area contributed by atoms with Crippen molar-refractivity contribution in [3.8, 4) is 0 Å². The van der Waals surface area contributed by atoms with Crippen molar-refractivity contribution in [2.24, 2.45) is 0 Å². The molecule has 0 aliphatic carbocycles. The van der Waals surface area contributed by atoms with Gasteiger partial charge in [0.05, 0.1) is 5.56 Å². The molecule has 22 heavy (non-hydrogen) atoms. The number of anilines is 1. The maximum Gasteiger partial charge on any atom is 0.416 e. The van der Waals surface area contributed by atoms with Gasteiger partial charge in [0.2, 0.25) is 0 Å². The number of rotatable bonds is 3. The van der Waals surface area contributed by atoms with Gasteiger partial charge in [-0.2, -0.15) is 13.2 Å². The fourth-order valence-electron chi connectivity index (χ4n) is 2.05. The highest BCUT2D eigenvalue weighted by Crippen LogP contribution is 2.30. The van der Waals surface area contributed by atoms with Crippen molar-refractivity contribution >= 4 is 11.6 Å². The van der Waals surface area contributed by atoms with Crippen LogP contribution in [0.5, 0.6) is 0 Å². The van der Waals surface area contributed by atoms with Gasteiger partial charge in [-0.15, -0.1) is 0 Å². The minimum Gasteiger partial charge on any atom is -0.309 e. The Morgan fingerprint density at radius 2 is 1.73 bits per heavy atom. The van der Waals surface area contributed by atoms with Crippen LogP contribution in [0.1, 0.15) is 22.8 Å². The van der Waals surface area contributed by atoms with Crippen LogP contribution >= 0.6 is 0 Å². The van der Waals surface area contributed by atoms with Gasteiger partial charge in [-0.25, -0.2) is 4.39 Å². The van der Waals surface area contributed by atoms with Crippen LogP contribution in [0.3, 0.4) is 0 Å². The summed E-state index contributed by atoms with van der Waals surface area (Å²) in [5.41, 5.74) is -0.527. The first-order valence-electron chi connectivity index (χ1n) is 6.57.